The molecule has 1 heterocycles. The Labute approximate surface area is 117 Å². The monoisotopic (exact) mass is 286 g/mol. The second kappa shape index (κ2) is 6.81. The van der Waals surface area contributed by atoms with Gasteiger partial charge >= 0.3 is 0 Å². The molecule has 0 aliphatic rings. The van der Waals surface area contributed by atoms with Gasteiger partial charge in [0.15, 0.2) is 0 Å². The number of aliphatic hydroxyl groups is 1. The fraction of sp³-hybridized carbons (Fsp3) is 0.667. The Morgan fingerprint density at radius 2 is 2.26 bits per heavy atom. The van der Waals surface area contributed by atoms with E-state index in [0.29, 0.717) is 23.6 Å². The molecule has 19 heavy (non-hydrogen) atoms. The Bertz CT molecular complexity index is 443. The van der Waals surface area contributed by atoms with Crippen LogP contribution in [0.4, 0.5) is 5.69 Å². The first-order chi connectivity index (χ1) is 8.96. The fourth-order valence-corrected chi connectivity index (χ4v) is 2.49. The van der Waals surface area contributed by atoms with E-state index in [4.69, 9.17) is 5.73 Å². The highest BCUT2D eigenvalue weighted by Gasteiger charge is 2.23. The van der Waals surface area contributed by atoms with Gasteiger partial charge in [0.25, 0.3) is 5.91 Å². The van der Waals surface area contributed by atoms with E-state index in [1.54, 1.807) is 11.6 Å². The van der Waals surface area contributed by atoms with Crippen molar-refractivity contribution in [2.75, 3.05) is 18.6 Å². The molecule has 0 fully saturated rings. The molecule has 1 aromatic rings. The minimum absolute atomic E-state index is 0.0180. The lowest BCUT2D eigenvalue weighted by atomic mass is 10.2. The number of carbonyl (C=O) groups excluding carboxylic acids is 1. The van der Waals surface area contributed by atoms with Gasteiger partial charge in [0, 0.05) is 17.8 Å². The Morgan fingerprint density at radius 3 is 2.74 bits per heavy atom. The average Bonchev–Trinajstić information content (AvgIpc) is 2.66. The number of aryl methyl sites for hydroxylation is 2. The lowest BCUT2D eigenvalue weighted by Crippen LogP contribution is -2.42. The second-order valence-corrected chi connectivity index (χ2v) is 5.46. The van der Waals surface area contributed by atoms with E-state index in [9.17, 15) is 9.90 Å². The van der Waals surface area contributed by atoms with Gasteiger partial charge < -0.3 is 16.2 Å². The molecule has 0 radical (unpaired) electrons. The van der Waals surface area contributed by atoms with Gasteiger partial charge in [-0.15, -0.1) is 0 Å². The van der Waals surface area contributed by atoms with Crippen molar-refractivity contribution in [2.24, 2.45) is 0 Å². The van der Waals surface area contributed by atoms with Crippen molar-refractivity contribution in [3.63, 3.8) is 0 Å². The number of carbonyl (C=O) groups is 1. The summed E-state index contributed by atoms with van der Waals surface area (Å²) in [5.74, 6) is -0.250. The number of hydrogen-bond acceptors (Lipinski definition) is 5. The number of nitrogens with two attached hydrogens (primary N) is 1. The summed E-state index contributed by atoms with van der Waals surface area (Å²) in [7, 11) is 0. The molecule has 0 saturated carbocycles. The number of hydrogen-bond donors (Lipinski definition) is 3. The summed E-state index contributed by atoms with van der Waals surface area (Å²) in [6, 6.07) is -0.146. The molecule has 0 bridgehead atoms. The normalized spacial score (nSPS) is 14.2. The van der Waals surface area contributed by atoms with Crippen molar-refractivity contribution in [2.45, 2.75) is 38.6 Å². The summed E-state index contributed by atoms with van der Waals surface area (Å²) in [6.07, 6.45) is 1.90. The molecule has 0 saturated heterocycles. The van der Waals surface area contributed by atoms with E-state index in [1.807, 2.05) is 20.1 Å². The highest BCUT2D eigenvalue weighted by Crippen LogP contribution is 2.17. The summed E-state index contributed by atoms with van der Waals surface area (Å²) < 4.78 is 1.60. The highest BCUT2D eigenvalue weighted by molar-refractivity contribution is 7.99. The number of rotatable bonds is 6. The van der Waals surface area contributed by atoms with Crippen molar-refractivity contribution in [1.82, 2.24) is 15.1 Å². The molecule has 1 amide bonds. The number of aromatic nitrogens is 2. The molecule has 0 aromatic carbocycles. The molecule has 1 aromatic heterocycles. The zero-order valence-electron chi connectivity index (χ0n) is 11.8. The summed E-state index contributed by atoms with van der Waals surface area (Å²) in [5.41, 5.74) is 7.36. The number of nitrogen functional groups attached to an aromatic ring is 1. The number of nitrogens with one attached hydrogen (secondary N) is 1. The molecule has 7 heteroatoms. The van der Waals surface area contributed by atoms with Crippen LogP contribution in [-0.4, -0.2) is 44.9 Å². The standard InChI is InChI=1S/C12H22N4O2S/c1-5-16-11(10(13)8(3)15-16)12(18)14-7(2)9(6-17)19-4/h7,9,17H,5-6,13H2,1-4H3,(H,14,18). The molecule has 6 nitrogen and oxygen atoms in total. The van der Waals surface area contributed by atoms with E-state index in [2.05, 4.69) is 10.4 Å². The van der Waals surface area contributed by atoms with Gasteiger partial charge in [-0.1, -0.05) is 0 Å². The third-order valence-electron chi connectivity index (χ3n) is 3.09. The number of nitrogens with zero attached hydrogens (tertiary/aromatic N) is 2. The van der Waals surface area contributed by atoms with Crippen LogP contribution >= 0.6 is 11.8 Å². The van der Waals surface area contributed by atoms with E-state index in [1.165, 1.54) is 11.8 Å². The molecule has 108 valence electrons. The Kier molecular flexibility index (Phi) is 5.68. The van der Waals surface area contributed by atoms with Gasteiger partial charge in [0.2, 0.25) is 0 Å². The predicted octanol–water partition coefficient (Wildman–Crippen LogP) is 0.636. The maximum Gasteiger partial charge on any atom is 0.271 e. The van der Waals surface area contributed by atoms with E-state index in [0.717, 1.165) is 0 Å². The van der Waals surface area contributed by atoms with Crippen LogP contribution in [0.15, 0.2) is 0 Å². The van der Waals surface area contributed by atoms with E-state index in [-0.39, 0.29) is 23.8 Å². The SMILES string of the molecule is CCn1nc(C)c(N)c1C(=O)NC(C)C(CO)SC. The first kappa shape index (κ1) is 15.8. The van der Waals surface area contributed by atoms with Gasteiger partial charge in [0.05, 0.1) is 18.0 Å². The topological polar surface area (TPSA) is 93.2 Å². The van der Waals surface area contributed by atoms with Crippen LogP contribution in [0.2, 0.25) is 0 Å². The third kappa shape index (κ3) is 3.42. The maximum absolute atomic E-state index is 12.3. The molecular formula is C12H22N4O2S. The molecule has 2 atom stereocenters. The fourth-order valence-electron chi connectivity index (χ4n) is 1.87. The Balaban J connectivity index is 2.89. The van der Waals surface area contributed by atoms with Crippen molar-refractivity contribution >= 4 is 23.4 Å². The molecule has 0 aliphatic carbocycles. The zero-order valence-corrected chi connectivity index (χ0v) is 12.6. The number of anilines is 1. The van der Waals surface area contributed by atoms with Gasteiger partial charge in [-0.2, -0.15) is 16.9 Å². The van der Waals surface area contributed by atoms with Crippen molar-refractivity contribution in [1.29, 1.82) is 0 Å². The number of aliphatic hydroxyl groups excluding tert-OH is 1. The summed E-state index contributed by atoms with van der Waals surface area (Å²) >= 11 is 1.52. The van der Waals surface area contributed by atoms with Crippen LogP contribution in [0, 0.1) is 6.92 Å². The third-order valence-corrected chi connectivity index (χ3v) is 4.25. The van der Waals surface area contributed by atoms with Crippen LogP contribution in [0.5, 0.6) is 0 Å². The average molecular weight is 286 g/mol. The first-order valence-corrected chi connectivity index (χ1v) is 7.52. The van der Waals surface area contributed by atoms with Crippen molar-refractivity contribution in [3.8, 4) is 0 Å². The molecule has 2 unspecified atom stereocenters. The zero-order chi connectivity index (χ0) is 14.6. The molecule has 1 rings (SSSR count). The summed E-state index contributed by atoms with van der Waals surface area (Å²) in [6.45, 7) is 6.15. The van der Waals surface area contributed by atoms with Crippen LogP contribution in [-0.2, 0) is 6.54 Å². The van der Waals surface area contributed by atoms with Crippen molar-refractivity contribution < 1.29 is 9.90 Å². The van der Waals surface area contributed by atoms with Crippen LogP contribution < -0.4 is 11.1 Å². The minimum atomic E-state index is -0.250. The van der Waals surface area contributed by atoms with E-state index >= 15 is 0 Å². The lowest BCUT2D eigenvalue weighted by Gasteiger charge is -2.21. The molecule has 4 N–H and O–H groups in total. The minimum Gasteiger partial charge on any atom is -0.395 e. The predicted molar refractivity (Wildman–Crippen MR) is 78.4 cm³/mol. The number of thioether (sulfide) groups is 1. The number of amides is 1. The molecule has 0 spiro atoms. The highest BCUT2D eigenvalue weighted by atomic mass is 32.2. The summed E-state index contributed by atoms with van der Waals surface area (Å²) in [4.78, 5) is 12.3. The van der Waals surface area contributed by atoms with E-state index < -0.39 is 0 Å². The van der Waals surface area contributed by atoms with Gasteiger partial charge in [-0.3, -0.25) is 9.48 Å². The van der Waals surface area contributed by atoms with Gasteiger partial charge in [-0.25, -0.2) is 0 Å². The van der Waals surface area contributed by atoms with Crippen LogP contribution in [0.1, 0.15) is 30.0 Å². The molecular weight excluding hydrogens is 264 g/mol. The Morgan fingerprint density at radius 1 is 1.63 bits per heavy atom. The maximum atomic E-state index is 12.3. The smallest absolute Gasteiger partial charge is 0.271 e. The molecule has 0 aliphatic heterocycles. The largest absolute Gasteiger partial charge is 0.395 e. The summed E-state index contributed by atoms with van der Waals surface area (Å²) in [5, 5.41) is 16.3. The van der Waals surface area contributed by atoms with Crippen LogP contribution in [0.25, 0.3) is 0 Å². The second-order valence-electron chi connectivity index (χ2n) is 4.38. The van der Waals surface area contributed by atoms with Gasteiger partial charge in [-0.05, 0) is 27.0 Å². The lowest BCUT2D eigenvalue weighted by molar-refractivity contribution is 0.0926. The van der Waals surface area contributed by atoms with Crippen LogP contribution in [0.3, 0.4) is 0 Å². The Hall–Kier alpha value is -1.21. The van der Waals surface area contributed by atoms with Gasteiger partial charge in [0.1, 0.15) is 5.69 Å². The first-order valence-electron chi connectivity index (χ1n) is 6.23. The quantitative estimate of drug-likeness (QED) is 0.713. The van der Waals surface area contributed by atoms with Crippen molar-refractivity contribution in [3.05, 3.63) is 11.4 Å².